The molecule has 8 aromatic rings. The number of hydrogen-bond acceptors (Lipinski definition) is 10. The summed E-state index contributed by atoms with van der Waals surface area (Å²) in [6.45, 7) is 3.68. The van der Waals surface area contributed by atoms with Gasteiger partial charge in [-0.2, -0.15) is 16.8 Å². The third-order valence-electron chi connectivity index (χ3n) is 9.36. The highest BCUT2D eigenvalue weighted by molar-refractivity contribution is 7.87. The lowest BCUT2D eigenvalue weighted by atomic mass is 9.87. The highest BCUT2D eigenvalue weighted by atomic mass is 32.2. The van der Waals surface area contributed by atoms with Crippen molar-refractivity contribution in [1.82, 2.24) is 9.97 Å². The van der Waals surface area contributed by atoms with Crippen LogP contribution >= 0.6 is 0 Å². The minimum Gasteiger partial charge on any atom is -0.507 e. The first kappa shape index (κ1) is 36.2. The Morgan fingerprint density at radius 1 is 0.482 bits per heavy atom. The molecule has 12 heteroatoms. The second-order valence-corrected chi connectivity index (χ2v) is 16.2. The van der Waals surface area contributed by atoms with Gasteiger partial charge in [0.25, 0.3) is 0 Å². The van der Waals surface area contributed by atoms with E-state index in [1.807, 2.05) is 38.1 Å². The van der Waals surface area contributed by atoms with Crippen LogP contribution in [0.5, 0.6) is 23.0 Å². The quantitative estimate of drug-likeness (QED) is 0.136. The SMILES string of the molecule is Cc1ccc(S(=O)(=O)Oc2cccnc2-c2cc3ccccc3c(-c3c(O)c(-c4ncccc4OS(=O)(=O)c4ccc(C)cc4)cc4ccccc34)c2O)cc1. The summed E-state index contributed by atoms with van der Waals surface area (Å²) in [5.74, 6) is -0.899. The van der Waals surface area contributed by atoms with Crippen LogP contribution in [-0.2, 0) is 20.2 Å². The highest BCUT2D eigenvalue weighted by Gasteiger charge is 2.28. The molecule has 0 spiro atoms. The predicted octanol–water partition coefficient (Wildman–Crippen LogP) is 9.35. The van der Waals surface area contributed by atoms with Crippen LogP contribution in [-0.4, -0.2) is 37.0 Å². The maximum Gasteiger partial charge on any atom is 0.339 e. The summed E-state index contributed by atoms with van der Waals surface area (Å²) in [4.78, 5) is 8.83. The number of fused-ring (bicyclic) bond motifs is 2. The number of pyridine rings is 2. The molecule has 0 bridgehead atoms. The minimum absolute atomic E-state index is 0.0364. The van der Waals surface area contributed by atoms with E-state index in [4.69, 9.17) is 8.37 Å². The maximum absolute atomic E-state index is 13.5. The lowest BCUT2D eigenvalue weighted by Crippen LogP contribution is -2.11. The van der Waals surface area contributed by atoms with Crippen molar-refractivity contribution in [3.05, 3.63) is 157 Å². The zero-order valence-electron chi connectivity index (χ0n) is 29.9. The average molecular weight is 781 g/mol. The molecule has 2 N–H and O–H groups in total. The molecule has 0 amide bonds. The smallest absolute Gasteiger partial charge is 0.339 e. The van der Waals surface area contributed by atoms with Gasteiger partial charge in [0.2, 0.25) is 0 Å². The number of rotatable bonds is 9. The Morgan fingerprint density at radius 3 is 1.25 bits per heavy atom. The summed E-state index contributed by atoms with van der Waals surface area (Å²) >= 11 is 0. The molecule has 0 atom stereocenters. The first-order valence-corrected chi connectivity index (χ1v) is 20.2. The van der Waals surface area contributed by atoms with Crippen LogP contribution in [0, 0.1) is 13.8 Å². The van der Waals surface area contributed by atoms with Gasteiger partial charge in [0.15, 0.2) is 11.5 Å². The highest BCUT2D eigenvalue weighted by Crippen LogP contribution is 2.52. The molecule has 0 aliphatic rings. The minimum atomic E-state index is -4.31. The van der Waals surface area contributed by atoms with Gasteiger partial charge in [-0.1, -0.05) is 83.9 Å². The molecule has 2 heterocycles. The molecule has 10 nitrogen and oxygen atoms in total. The fraction of sp³-hybridized carbons (Fsp3) is 0.0455. The Morgan fingerprint density at radius 2 is 0.857 bits per heavy atom. The molecule has 0 unspecified atom stereocenters. The van der Waals surface area contributed by atoms with E-state index in [1.54, 1.807) is 60.7 Å². The normalized spacial score (nSPS) is 11.8. The number of phenols is 2. The molecule has 0 aliphatic carbocycles. The van der Waals surface area contributed by atoms with E-state index in [0.29, 0.717) is 21.5 Å². The summed E-state index contributed by atoms with van der Waals surface area (Å²) in [7, 11) is -8.62. The number of phenolic OH excluding ortho intramolecular Hbond substituents is 2. The Kier molecular flexibility index (Phi) is 9.15. The molecule has 2 aromatic heterocycles. The number of nitrogens with zero attached hydrogens (tertiary/aromatic N) is 2. The van der Waals surface area contributed by atoms with Crippen molar-refractivity contribution in [2.24, 2.45) is 0 Å². The summed E-state index contributed by atoms with van der Waals surface area (Å²) in [6, 6.07) is 36.1. The lowest BCUT2D eigenvalue weighted by molar-refractivity contribution is 0.470. The summed E-state index contributed by atoms with van der Waals surface area (Å²) in [6.07, 6.45) is 2.91. The number of aromatic nitrogens is 2. The Balaban J connectivity index is 1.34. The molecule has 8 rings (SSSR count). The van der Waals surface area contributed by atoms with E-state index >= 15 is 0 Å². The van der Waals surface area contributed by atoms with Gasteiger partial charge in [0, 0.05) is 34.6 Å². The van der Waals surface area contributed by atoms with Crippen molar-refractivity contribution in [1.29, 1.82) is 0 Å². The van der Waals surface area contributed by atoms with Gasteiger partial charge in [0.1, 0.15) is 32.7 Å². The van der Waals surface area contributed by atoms with E-state index in [-0.39, 0.29) is 66.4 Å². The van der Waals surface area contributed by atoms with Crippen LogP contribution in [0.15, 0.2) is 156 Å². The maximum atomic E-state index is 13.5. The van der Waals surface area contributed by atoms with Gasteiger partial charge >= 0.3 is 20.2 Å². The Hall–Kier alpha value is -6.76. The van der Waals surface area contributed by atoms with Crippen molar-refractivity contribution in [2.45, 2.75) is 23.6 Å². The van der Waals surface area contributed by atoms with Crippen molar-refractivity contribution < 1.29 is 35.4 Å². The first-order valence-electron chi connectivity index (χ1n) is 17.3. The van der Waals surface area contributed by atoms with Crippen molar-refractivity contribution in [3.63, 3.8) is 0 Å². The molecular formula is C44H32N2O8S2. The van der Waals surface area contributed by atoms with E-state index in [9.17, 15) is 27.0 Å². The standard InChI is InChI=1S/C44H32N2O8S2/c1-27-15-19-31(20-16-27)55(49,50)53-37-13-7-23-45-41(37)35-25-29-9-3-5-11-33(29)39(43(35)47)40-34-12-6-4-10-30(34)26-36(44(40)48)42-38(14-8-24-46-42)54-56(51,52)32-21-17-28(2)18-22-32/h3-26,47-48H,1-2H3. The van der Waals surface area contributed by atoms with Crippen LogP contribution in [0.3, 0.4) is 0 Å². The first-order chi connectivity index (χ1) is 26.9. The molecular weight excluding hydrogens is 749 g/mol. The number of aromatic hydroxyl groups is 2. The average Bonchev–Trinajstić information content (AvgIpc) is 3.19. The van der Waals surface area contributed by atoms with Crippen LogP contribution < -0.4 is 8.37 Å². The zero-order valence-corrected chi connectivity index (χ0v) is 31.5. The number of aryl methyl sites for hydroxylation is 2. The van der Waals surface area contributed by atoms with Crippen LogP contribution in [0.4, 0.5) is 0 Å². The molecule has 0 fully saturated rings. The Bertz CT molecular complexity index is 2830. The fourth-order valence-electron chi connectivity index (χ4n) is 6.60. The summed E-state index contributed by atoms with van der Waals surface area (Å²) in [5.41, 5.74) is 2.50. The van der Waals surface area contributed by atoms with E-state index in [2.05, 4.69) is 9.97 Å². The Labute approximate surface area is 323 Å². The van der Waals surface area contributed by atoms with Gasteiger partial charge in [-0.3, -0.25) is 9.97 Å². The summed E-state index contributed by atoms with van der Waals surface area (Å²) in [5, 5.41) is 27.1. The molecule has 0 radical (unpaired) electrons. The molecule has 0 saturated carbocycles. The summed E-state index contributed by atoms with van der Waals surface area (Å²) < 4.78 is 65.1. The van der Waals surface area contributed by atoms with Crippen LogP contribution in [0.2, 0.25) is 0 Å². The molecule has 0 aliphatic heterocycles. The number of hydrogen-bond donors (Lipinski definition) is 2. The van der Waals surface area contributed by atoms with Gasteiger partial charge in [-0.15, -0.1) is 0 Å². The monoisotopic (exact) mass is 780 g/mol. The largest absolute Gasteiger partial charge is 0.507 e. The molecule has 0 saturated heterocycles. The molecule has 278 valence electrons. The predicted molar refractivity (Wildman–Crippen MR) is 215 cm³/mol. The third-order valence-corrected chi connectivity index (χ3v) is 11.9. The third kappa shape index (κ3) is 6.65. The second kappa shape index (κ2) is 14.1. The van der Waals surface area contributed by atoms with E-state index in [0.717, 1.165) is 11.1 Å². The molecule has 56 heavy (non-hydrogen) atoms. The van der Waals surface area contributed by atoms with Gasteiger partial charge in [-0.05, 0) is 96.1 Å². The van der Waals surface area contributed by atoms with Crippen LogP contribution in [0.25, 0.3) is 55.2 Å². The molecule has 6 aromatic carbocycles. The second-order valence-electron chi connectivity index (χ2n) is 13.1. The number of benzene rings is 6. The van der Waals surface area contributed by atoms with Crippen molar-refractivity contribution >= 4 is 41.8 Å². The van der Waals surface area contributed by atoms with Gasteiger partial charge < -0.3 is 18.6 Å². The van der Waals surface area contributed by atoms with Crippen molar-refractivity contribution in [3.8, 4) is 56.6 Å². The van der Waals surface area contributed by atoms with Crippen LogP contribution in [0.1, 0.15) is 11.1 Å². The zero-order chi connectivity index (χ0) is 39.2. The van der Waals surface area contributed by atoms with Gasteiger partial charge in [-0.25, -0.2) is 0 Å². The fourth-order valence-corrected chi connectivity index (χ4v) is 8.48. The lowest BCUT2D eigenvalue weighted by Gasteiger charge is -2.20. The van der Waals surface area contributed by atoms with Crippen molar-refractivity contribution in [2.75, 3.05) is 0 Å². The van der Waals surface area contributed by atoms with Gasteiger partial charge in [0.05, 0.1) is 0 Å². The van der Waals surface area contributed by atoms with E-state index < -0.39 is 20.2 Å². The van der Waals surface area contributed by atoms with E-state index in [1.165, 1.54) is 60.9 Å². The topological polar surface area (TPSA) is 153 Å².